The second kappa shape index (κ2) is 5.38. The van der Waals surface area contributed by atoms with Crippen LogP contribution in [0.2, 0.25) is 0 Å². The Labute approximate surface area is 87.2 Å². The van der Waals surface area contributed by atoms with Crippen LogP contribution in [-0.2, 0) is 16.0 Å². The molecule has 0 amide bonds. The zero-order chi connectivity index (χ0) is 10.4. The Bertz CT molecular complexity index is 364. The fraction of sp³-hybridized carbons (Fsp3) is 0.182. The molecule has 0 aliphatic rings. The van der Waals surface area contributed by atoms with E-state index in [1.54, 1.807) is 5.94 Å². The fourth-order valence-electron chi connectivity index (χ4n) is 1.10. The fourth-order valence-corrected chi connectivity index (χ4v) is 1.24. The predicted molar refractivity (Wildman–Crippen MR) is 54.8 cm³/mol. The smallest absolute Gasteiger partial charge is 0.259 e. The number of hydrogen-bond donors (Lipinski definition) is 0. The molecule has 0 aliphatic carbocycles. The maximum absolute atomic E-state index is 10.7. The van der Waals surface area contributed by atoms with Crippen LogP contribution in [0.3, 0.4) is 0 Å². The number of benzene rings is 1. The topological polar surface area (TPSA) is 34.1 Å². The van der Waals surface area contributed by atoms with Gasteiger partial charge in [-0.25, -0.2) is 4.79 Å². The summed E-state index contributed by atoms with van der Waals surface area (Å²) in [7, 11) is 0. The summed E-state index contributed by atoms with van der Waals surface area (Å²) >= 11 is 5.17. The van der Waals surface area contributed by atoms with Gasteiger partial charge in [-0.1, -0.05) is 30.3 Å². The molecule has 0 N–H and O–H groups in total. The van der Waals surface area contributed by atoms with E-state index in [4.69, 9.17) is 11.6 Å². The Morgan fingerprint density at radius 2 is 1.93 bits per heavy atom. The van der Waals surface area contributed by atoms with Crippen molar-refractivity contribution >= 4 is 22.8 Å². The van der Waals surface area contributed by atoms with Crippen molar-refractivity contribution in [3.8, 4) is 0 Å². The summed E-state index contributed by atoms with van der Waals surface area (Å²) in [5, 5.41) is -0.712. The van der Waals surface area contributed by atoms with Crippen LogP contribution >= 0.6 is 11.6 Å². The maximum atomic E-state index is 10.7. The van der Waals surface area contributed by atoms with E-state index in [0.717, 1.165) is 5.56 Å². The molecule has 2 nitrogen and oxygen atoms in total. The first-order chi connectivity index (χ1) is 6.74. The largest absolute Gasteiger partial charge is 0.275 e. The Hall–Kier alpha value is -1.37. The third-order valence-electron chi connectivity index (χ3n) is 1.87. The van der Waals surface area contributed by atoms with Crippen LogP contribution < -0.4 is 0 Å². The molecule has 0 aliphatic heterocycles. The Kier molecular flexibility index (Phi) is 4.11. The van der Waals surface area contributed by atoms with E-state index in [-0.39, 0.29) is 5.57 Å². The Morgan fingerprint density at radius 1 is 1.29 bits per heavy atom. The molecule has 0 saturated heterocycles. The second-order valence-corrected chi connectivity index (χ2v) is 3.18. The highest BCUT2D eigenvalue weighted by molar-refractivity contribution is 6.68. The number of allylic oxidation sites excluding steroid dienone is 1. The summed E-state index contributed by atoms with van der Waals surface area (Å²) < 4.78 is 0. The molecular weight excluding hydrogens is 200 g/mol. The predicted octanol–water partition coefficient (Wildman–Crippen LogP) is 2.14. The summed E-state index contributed by atoms with van der Waals surface area (Å²) in [6, 6.07) is 9.58. The van der Waals surface area contributed by atoms with Crippen molar-refractivity contribution < 1.29 is 9.59 Å². The minimum Gasteiger partial charge on any atom is -0.275 e. The van der Waals surface area contributed by atoms with E-state index in [0.29, 0.717) is 12.8 Å². The molecule has 0 fully saturated rings. The molecule has 0 atom stereocenters. The van der Waals surface area contributed by atoms with Gasteiger partial charge in [0.2, 0.25) is 0 Å². The first kappa shape index (κ1) is 10.7. The molecule has 1 aromatic carbocycles. The second-order valence-electron chi connectivity index (χ2n) is 2.84. The zero-order valence-corrected chi connectivity index (χ0v) is 8.25. The molecule has 1 rings (SSSR count). The lowest BCUT2D eigenvalue weighted by Gasteiger charge is -1.98. The standard InChI is InChI=1S/C11H9ClO2/c12-11(14)10(8-13)7-6-9-4-2-1-3-5-9/h1-5H,6-7H2. The van der Waals surface area contributed by atoms with E-state index in [1.165, 1.54) is 0 Å². The van der Waals surface area contributed by atoms with Crippen molar-refractivity contribution in [2.75, 3.05) is 0 Å². The van der Waals surface area contributed by atoms with Crippen LogP contribution in [0.15, 0.2) is 35.9 Å². The molecule has 0 saturated carbocycles. The third-order valence-corrected chi connectivity index (χ3v) is 2.10. The van der Waals surface area contributed by atoms with Gasteiger partial charge < -0.3 is 0 Å². The molecule has 0 radical (unpaired) electrons. The summed E-state index contributed by atoms with van der Waals surface area (Å²) in [4.78, 5) is 21.0. The average Bonchev–Trinajstić information content (AvgIpc) is 2.20. The van der Waals surface area contributed by atoms with Gasteiger partial charge in [0, 0.05) is 0 Å². The van der Waals surface area contributed by atoms with Gasteiger partial charge >= 0.3 is 0 Å². The quantitative estimate of drug-likeness (QED) is 0.432. The van der Waals surface area contributed by atoms with Crippen LogP contribution in [-0.4, -0.2) is 11.2 Å². The highest BCUT2D eigenvalue weighted by atomic mass is 35.5. The van der Waals surface area contributed by atoms with Crippen LogP contribution in [0.25, 0.3) is 0 Å². The number of rotatable bonds is 4. The summed E-state index contributed by atoms with van der Waals surface area (Å²) in [6.45, 7) is 0. The van der Waals surface area contributed by atoms with Crippen LogP contribution in [0.4, 0.5) is 0 Å². The van der Waals surface area contributed by atoms with Gasteiger partial charge in [0.05, 0.1) is 5.57 Å². The zero-order valence-electron chi connectivity index (χ0n) is 7.50. The number of hydrogen-bond acceptors (Lipinski definition) is 2. The van der Waals surface area contributed by atoms with Crippen molar-refractivity contribution in [3.63, 3.8) is 0 Å². The normalized spacial score (nSPS) is 9.21. The van der Waals surface area contributed by atoms with Crippen molar-refractivity contribution in [1.82, 2.24) is 0 Å². The van der Waals surface area contributed by atoms with Crippen molar-refractivity contribution in [1.29, 1.82) is 0 Å². The monoisotopic (exact) mass is 208 g/mol. The molecule has 0 heterocycles. The van der Waals surface area contributed by atoms with E-state index in [2.05, 4.69) is 0 Å². The molecule has 0 bridgehead atoms. The molecular formula is C11H9ClO2. The van der Waals surface area contributed by atoms with Crippen molar-refractivity contribution in [3.05, 3.63) is 41.5 Å². The number of carbonyl (C=O) groups excluding carboxylic acids is 2. The lowest BCUT2D eigenvalue weighted by atomic mass is 10.1. The highest BCUT2D eigenvalue weighted by Crippen LogP contribution is 2.08. The third kappa shape index (κ3) is 3.17. The SMILES string of the molecule is O=C=C(CCc1ccccc1)C(=O)Cl. The van der Waals surface area contributed by atoms with Gasteiger partial charge in [-0.05, 0) is 30.0 Å². The first-order valence-corrected chi connectivity index (χ1v) is 4.59. The Morgan fingerprint density at radius 3 is 2.43 bits per heavy atom. The average molecular weight is 209 g/mol. The van der Waals surface area contributed by atoms with Gasteiger partial charge in [-0.3, -0.25) is 4.79 Å². The van der Waals surface area contributed by atoms with Crippen molar-refractivity contribution in [2.24, 2.45) is 0 Å². The summed E-state index contributed by atoms with van der Waals surface area (Å²) in [6.07, 6.45) is 0.972. The maximum Gasteiger partial charge on any atom is 0.259 e. The lowest BCUT2D eigenvalue weighted by molar-refractivity contribution is -0.108. The van der Waals surface area contributed by atoms with Gasteiger partial charge in [0.15, 0.2) is 0 Å². The van der Waals surface area contributed by atoms with Crippen LogP contribution in [0, 0.1) is 0 Å². The molecule has 14 heavy (non-hydrogen) atoms. The van der Waals surface area contributed by atoms with Crippen LogP contribution in [0.5, 0.6) is 0 Å². The minimum atomic E-state index is -0.712. The molecule has 0 unspecified atom stereocenters. The molecule has 72 valence electrons. The van der Waals surface area contributed by atoms with Gasteiger partial charge in [-0.15, -0.1) is 0 Å². The van der Waals surface area contributed by atoms with Crippen molar-refractivity contribution in [2.45, 2.75) is 12.8 Å². The van der Waals surface area contributed by atoms with Gasteiger partial charge in [0.25, 0.3) is 5.24 Å². The summed E-state index contributed by atoms with van der Waals surface area (Å²) in [5.74, 6) is 1.56. The van der Waals surface area contributed by atoms with E-state index >= 15 is 0 Å². The lowest BCUT2D eigenvalue weighted by Crippen LogP contribution is -1.97. The minimum absolute atomic E-state index is 0.00974. The molecule has 0 aromatic heterocycles. The first-order valence-electron chi connectivity index (χ1n) is 4.22. The number of carbonyl (C=O) groups is 1. The Balaban J connectivity index is 2.57. The van der Waals surface area contributed by atoms with E-state index in [1.807, 2.05) is 30.3 Å². The summed E-state index contributed by atoms with van der Waals surface area (Å²) in [5.41, 5.74) is 1.08. The molecule has 1 aromatic rings. The molecule has 3 heteroatoms. The van der Waals surface area contributed by atoms with Gasteiger partial charge in [0.1, 0.15) is 5.94 Å². The van der Waals surface area contributed by atoms with E-state index < -0.39 is 5.24 Å². The molecule has 0 spiro atoms. The highest BCUT2D eigenvalue weighted by Gasteiger charge is 2.06. The number of aryl methyl sites for hydroxylation is 1. The van der Waals surface area contributed by atoms with Crippen LogP contribution in [0.1, 0.15) is 12.0 Å². The van der Waals surface area contributed by atoms with Gasteiger partial charge in [-0.2, -0.15) is 0 Å². The van der Waals surface area contributed by atoms with E-state index in [9.17, 15) is 9.59 Å². The number of halogens is 1.